The van der Waals surface area contributed by atoms with E-state index >= 15 is 0 Å². The molecule has 8 aromatic rings. The number of aryl methyl sites for hydroxylation is 6. The predicted octanol–water partition coefficient (Wildman–Crippen LogP) is 23.9. The van der Waals surface area contributed by atoms with Gasteiger partial charge in [-0.2, -0.15) is 0 Å². The van der Waals surface area contributed by atoms with Gasteiger partial charge in [-0.25, -0.2) is 4.98 Å². The molecule has 0 aliphatic heterocycles. The number of hydrogen-bond donors (Lipinski definition) is 0. The predicted molar refractivity (Wildman–Crippen MR) is 352 cm³/mol. The molecule has 0 saturated carbocycles. The van der Waals surface area contributed by atoms with Crippen molar-refractivity contribution in [3.8, 4) is 44.6 Å². The zero-order valence-corrected chi connectivity index (χ0v) is 50.5. The summed E-state index contributed by atoms with van der Waals surface area (Å²) in [6, 6.07) is 49.5. The van der Waals surface area contributed by atoms with E-state index in [1.165, 1.54) is 238 Å². The van der Waals surface area contributed by atoms with Gasteiger partial charge in [0.1, 0.15) is 0 Å². The third-order valence-corrected chi connectivity index (χ3v) is 17.1. The van der Waals surface area contributed by atoms with Crippen LogP contribution in [0.3, 0.4) is 0 Å². The first-order chi connectivity index (χ1) is 39.3. The minimum atomic E-state index is 0.966. The van der Waals surface area contributed by atoms with Crippen LogP contribution in [-0.2, 0) is 25.7 Å². The van der Waals surface area contributed by atoms with Crippen LogP contribution in [0, 0.1) is 13.8 Å². The number of pyridine rings is 2. The summed E-state index contributed by atoms with van der Waals surface area (Å²) in [7, 11) is 0. The van der Waals surface area contributed by atoms with Crippen molar-refractivity contribution < 1.29 is 0 Å². The molecule has 0 fully saturated rings. The average Bonchev–Trinajstić information content (AvgIpc) is 3.48. The summed E-state index contributed by atoms with van der Waals surface area (Å²) >= 11 is 0. The SMILES string of the molecule is CCCCCCCCc1cc(-c2cc(-c3ccc4ccc5cccnc5c4n3)cc(-c3cc(CCCCCCCC)c(-c4ccc(/C=C/c5ccc(C)cc5)cc4)cc3CCCCCCCC)c2)c(CCCCCCCC)cc1C. The Kier molecular flexibility index (Phi) is 24.3. The Bertz CT molecular complexity index is 3170. The fourth-order valence-electron chi connectivity index (χ4n) is 12.2. The van der Waals surface area contributed by atoms with Crippen LogP contribution >= 0.6 is 0 Å². The zero-order chi connectivity index (χ0) is 55.7. The lowest BCUT2D eigenvalue weighted by Gasteiger charge is -2.21. The summed E-state index contributed by atoms with van der Waals surface area (Å²) in [6.07, 6.45) is 41.8. The summed E-state index contributed by atoms with van der Waals surface area (Å²) in [6.45, 7) is 13.8. The second-order valence-electron chi connectivity index (χ2n) is 23.7. The van der Waals surface area contributed by atoms with Crippen molar-refractivity contribution in [1.82, 2.24) is 9.97 Å². The van der Waals surface area contributed by atoms with Crippen molar-refractivity contribution in [3.05, 3.63) is 178 Å². The van der Waals surface area contributed by atoms with Crippen LogP contribution in [0.2, 0.25) is 0 Å². The molecule has 2 heterocycles. The van der Waals surface area contributed by atoms with Crippen LogP contribution < -0.4 is 0 Å². The molecule has 0 unspecified atom stereocenters. The van der Waals surface area contributed by atoms with Gasteiger partial charge in [-0.15, -0.1) is 0 Å². The molecule has 0 radical (unpaired) electrons. The Morgan fingerprint density at radius 3 is 1.25 bits per heavy atom. The van der Waals surface area contributed by atoms with Crippen LogP contribution in [0.4, 0.5) is 0 Å². The Balaban J connectivity index is 1.29. The molecule has 0 saturated heterocycles. The molecule has 0 N–H and O–H groups in total. The summed E-state index contributed by atoms with van der Waals surface area (Å²) < 4.78 is 0. The number of rotatable bonds is 34. The fraction of sp³-hybridized carbons (Fsp3) is 0.436. The van der Waals surface area contributed by atoms with Crippen LogP contribution in [0.25, 0.3) is 78.6 Å². The minimum Gasteiger partial charge on any atom is -0.254 e. The van der Waals surface area contributed by atoms with Crippen LogP contribution in [-0.4, -0.2) is 9.97 Å². The Hall–Kier alpha value is -6.12. The molecule has 0 amide bonds. The molecular weight excluding hydrogens is 965 g/mol. The van der Waals surface area contributed by atoms with Crippen molar-refractivity contribution >= 4 is 34.0 Å². The summed E-state index contributed by atoms with van der Waals surface area (Å²) in [4.78, 5) is 10.5. The first-order valence-corrected chi connectivity index (χ1v) is 32.3. The molecule has 2 aromatic heterocycles. The number of nitrogens with zero attached hydrogens (tertiary/aromatic N) is 2. The lowest BCUT2D eigenvalue weighted by Crippen LogP contribution is -2.01. The van der Waals surface area contributed by atoms with E-state index < -0.39 is 0 Å². The molecule has 80 heavy (non-hydrogen) atoms. The quantitative estimate of drug-likeness (QED) is 0.0228. The third kappa shape index (κ3) is 17.4. The maximum atomic E-state index is 5.58. The molecule has 0 aliphatic carbocycles. The number of hydrogen-bond acceptors (Lipinski definition) is 2. The molecule has 8 rings (SSSR count). The largest absolute Gasteiger partial charge is 0.254 e. The van der Waals surface area contributed by atoms with Gasteiger partial charge in [0.2, 0.25) is 0 Å². The minimum absolute atomic E-state index is 0.966. The molecule has 0 bridgehead atoms. The lowest BCUT2D eigenvalue weighted by atomic mass is 9.84. The number of benzene rings is 6. The van der Waals surface area contributed by atoms with Crippen LogP contribution in [0.1, 0.15) is 226 Å². The van der Waals surface area contributed by atoms with E-state index in [-0.39, 0.29) is 0 Å². The van der Waals surface area contributed by atoms with Crippen molar-refractivity contribution in [3.63, 3.8) is 0 Å². The van der Waals surface area contributed by atoms with E-state index in [0.29, 0.717) is 0 Å². The fourth-order valence-corrected chi connectivity index (χ4v) is 12.2. The van der Waals surface area contributed by atoms with E-state index in [1.54, 1.807) is 0 Å². The van der Waals surface area contributed by atoms with Crippen molar-refractivity contribution in [1.29, 1.82) is 0 Å². The molecule has 0 aliphatic rings. The molecule has 6 aromatic carbocycles. The zero-order valence-electron chi connectivity index (χ0n) is 50.5. The van der Waals surface area contributed by atoms with E-state index in [2.05, 4.69) is 175 Å². The van der Waals surface area contributed by atoms with Gasteiger partial charge in [0.15, 0.2) is 0 Å². The maximum Gasteiger partial charge on any atom is 0.0972 e. The molecule has 0 spiro atoms. The average molecular weight is 1060 g/mol. The highest BCUT2D eigenvalue weighted by Gasteiger charge is 2.19. The van der Waals surface area contributed by atoms with Crippen molar-refractivity contribution in [2.75, 3.05) is 0 Å². The smallest absolute Gasteiger partial charge is 0.0972 e. The van der Waals surface area contributed by atoms with Crippen LogP contribution in [0.15, 0.2) is 134 Å². The molecular formula is C78H98N2. The second kappa shape index (κ2) is 32.4. The van der Waals surface area contributed by atoms with Gasteiger partial charge in [-0.05, 0) is 168 Å². The van der Waals surface area contributed by atoms with E-state index in [4.69, 9.17) is 9.97 Å². The third-order valence-electron chi connectivity index (χ3n) is 17.1. The number of fused-ring (bicyclic) bond motifs is 3. The molecule has 2 heteroatoms. The Morgan fingerprint density at radius 1 is 0.338 bits per heavy atom. The first kappa shape index (κ1) is 60.0. The van der Waals surface area contributed by atoms with E-state index in [1.807, 2.05) is 12.3 Å². The standard InChI is InChI=1S/C78H98N2/c1-7-11-15-19-23-27-32-66-56-74(67(52-60(66)6)33-28-24-20-16-12-8-2)70-53-71(55-72(54-70)76-50-49-65-48-47-64-36-31-51-79-77(64)78(65)80-76)75-58-68(34-29-25-21-17-13-9-3)73(57-69(75)35-30-26-22-18-14-10-4)63-45-43-62(44-46-63)42-41-61-39-37-59(5)38-40-61/h31,36-58H,7-30,32-35H2,1-6H3/b42-41+. The first-order valence-electron chi connectivity index (χ1n) is 32.3. The van der Waals surface area contributed by atoms with E-state index in [9.17, 15) is 0 Å². The molecule has 420 valence electrons. The maximum absolute atomic E-state index is 5.58. The van der Waals surface area contributed by atoms with E-state index in [0.717, 1.165) is 53.2 Å². The Morgan fingerprint density at radius 2 is 0.738 bits per heavy atom. The van der Waals surface area contributed by atoms with Crippen LogP contribution in [0.5, 0.6) is 0 Å². The van der Waals surface area contributed by atoms with Gasteiger partial charge in [-0.1, -0.05) is 271 Å². The number of unbranched alkanes of at least 4 members (excludes halogenated alkanes) is 20. The van der Waals surface area contributed by atoms with Crippen molar-refractivity contribution in [2.45, 2.75) is 221 Å². The van der Waals surface area contributed by atoms with Gasteiger partial charge in [0.05, 0.1) is 16.7 Å². The highest BCUT2D eigenvalue weighted by molar-refractivity contribution is 6.03. The topological polar surface area (TPSA) is 25.8 Å². The van der Waals surface area contributed by atoms with Gasteiger partial charge < -0.3 is 0 Å². The molecule has 2 nitrogen and oxygen atoms in total. The molecule has 0 atom stereocenters. The normalized spacial score (nSPS) is 11.7. The van der Waals surface area contributed by atoms with Gasteiger partial charge in [0.25, 0.3) is 0 Å². The second-order valence-corrected chi connectivity index (χ2v) is 23.7. The van der Waals surface area contributed by atoms with Gasteiger partial charge in [0, 0.05) is 22.5 Å². The highest BCUT2D eigenvalue weighted by atomic mass is 14.8. The van der Waals surface area contributed by atoms with Gasteiger partial charge >= 0.3 is 0 Å². The summed E-state index contributed by atoms with van der Waals surface area (Å²) in [5, 5.41) is 2.25. The summed E-state index contributed by atoms with van der Waals surface area (Å²) in [5.41, 5.74) is 23.5. The number of aromatic nitrogens is 2. The lowest BCUT2D eigenvalue weighted by molar-refractivity contribution is 0.605. The highest BCUT2D eigenvalue weighted by Crippen LogP contribution is 2.41. The van der Waals surface area contributed by atoms with Crippen molar-refractivity contribution in [2.24, 2.45) is 0 Å². The van der Waals surface area contributed by atoms with Gasteiger partial charge in [-0.3, -0.25) is 4.98 Å². The summed E-state index contributed by atoms with van der Waals surface area (Å²) in [5.74, 6) is 0. The Labute approximate surface area is 485 Å². The monoisotopic (exact) mass is 1060 g/mol.